The zero-order valence-corrected chi connectivity index (χ0v) is 12.9. The average molecular weight is 308 g/mol. The van der Waals surface area contributed by atoms with Gasteiger partial charge in [0.25, 0.3) is 0 Å². The molecule has 0 spiro atoms. The molecule has 1 heterocycles. The summed E-state index contributed by atoms with van der Waals surface area (Å²) in [6.45, 7) is 1.56. The number of para-hydroxylation sites is 2. The molecule has 0 radical (unpaired) electrons. The van der Waals surface area contributed by atoms with Crippen molar-refractivity contribution in [1.82, 2.24) is 14.8 Å². The Bertz CT molecular complexity index is 712. The molecule has 5 nitrogen and oxygen atoms in total. The third-order valence-electron chi connectivity index (χ3n) is 3.60. The average Bonchev–Trinajstić information content (AvgIpc) is 3.09. The van der Waals surface area contributed by atoms with Crippen LogP contribution in [-0.4, -0.2) is 33.0 Å². The lowest BCUT2D eigenvalue weighted by atomic mass is 10.2. The minimum absolute atomic E-state index is 0.176. The van der Waals surface area contributed by atoms with E-state index in [1.165, 1.54) is 0 Å². The van der Waals surface area contributed by atoms with E-state index < -0.39 is 0 Å². The van der Waals surface area contributed by atoms with Crippen molar-refractivity contribution in [3.63, 3.8) is 0 Å². The van der Waals surface area contributed by atoms with Crippen LogP contribution in [0.4, 0.5) is 5.69 Å². The van der Waals surface area contributed by atoms with Crippen LogP contribution in [0.5, 0.6) is 0 Å². The van der Waals surface area contributed by atoms with Gasteiger partial charge in [0.15, 0.2) is 5.82 Å². The highest BCUT2D eigenvalue weighted by Crippen LogP contribution is 2.16. The summed E-state index contributed by atoms with van der Waals surface area (Å²) in [5.74, 6) is 0.760. The smallest absolute Gasteiger partial charge is 0.170 e. The van der Waals surface area contributed by atoms with Gasteiger partial charge in [0.2, 0.25) is 0 Å². The molecule has 0 atom stereocenters. The van der Waals surface area contributed by atoms with E-state index in [9.17, 15) is 0 Å². The van der Waals surface area contributed by atoms with E-state index in [0.29, 0.717) is 13.0 Å². The predicted octanol–water partition coefficient (Wildman–Crippen LogP) is 2.66. The molecule has 0 aliphatic heterocycles. The maximum absolute atomic E-state index is 9.12. The molecule has 2 aromatic carbocycles. The van der Waals surface area contributed by atoms with E-state index >= 15 is 0 Å². The zero-order chi connectivity index (χ0) is 15.9. The third kappa shape index (κ3) is 3.96. The van der Waals surface area contributed by atoms with Gasteiger partial charge in [-0.2, -0.15) is 0 Å². The van der Waals surface area contributed by atoms with Gasteiger partial charge < -0.3 is 10.0 Å². The van der Waals surface area contributed by atoms with Crippen molar-refractivity contribution in [3.8, 4) is 5.69 Å². The Balaban J connectivity index is 1.76. The van der Waals surface area contributed by atoms with Gasteiger partial charge >= 0.3 is 0 Å². The molecule has 1 N–H and O–H groups in total. The van der Waals surface area contributed by atoms with Crippen molar-refractivity contribution in [2.75, 3.05) is 18.1 Å². The van der Waals surface area contributed by atoms with Crippen LogP contribution in [0.15, 0.2) is 67.0 Å². The van der Waals surface area contributed by atoms with E-state index in [-0.39, 0.29) is 6.61 Å². The molecule has 0 aliphatic carbocycles. The van der Waals surface area contributed by atoms with Gasteiger partial charge in [0.05, 0.1) is 12.2 Å². The summed E-state index contributed by atoms with van der Waals surface area (Å²) in [5.41, 5.74) is 2.10. The Morgan fingerprint density at radius 3 is 2.35 bits per heavy atom. The number of rotatable bonds is 7. The SMILES string of the molecule is OCCCN(Cc1ncn(-c2ccccc2)n1)c1ccccc1. The van der Waals surface area contributed by atoms with Gasteiger partial charge in [-0.05, 0) is 30.7 Å². The molecule has 0 amide bonds. The normalized spacial score (nSPS) is 10.7. The summed E-state index contributed by atoms with van der Waals surface area (Å²) in [6, 6.07) is 20.1. The van der Waals surface area contributed by atoms with Gasteiger partial charge in [0.1, 0.15) is 6.33 Å². The predicted molar refractivity (Wildman–Crippen MR) is 90.6 cm³/mol. The number of anilines is 1. The lowest BCUT2D eigenvalue weighted by molar-refractivity contribution is 0.289. The Morgan fingerprint density at radius 1 is 0.957 bits per heavy atom. The summed E-state index contributed by atoms with van der Waals surface area (Å²) < 4.78 is 1.78. The second-order valence-electron chi connectivity index (χ2n) is 5.28. The third-order valence-corrected chi connectivity index (χ3v) is 3.60. The molecule has 0 bridgehead atoms. The van der Waals surface area contributed by atoms with Crippen molar-refractivity contribution in [2.45, 2.75) is 13.0 Å². The van der Waals surface area contributed by atoms with Crippen molar-refractivity contribution < 1.29 is 5.11 Å². The van der Waals surface area contributed by atoms with E-state index in [0.717, 1.165) is 23.7 Å². The molecular formula is C18H20N4O. The molecule has 0 unspecified atom stereocenters. The molecule has 0 fully saturated rings. The lowest BCUT2D eigenvalue weighted by Crippen LogP contribution is -2.25. The van der Waals surface area contributed by atoms with Crippen LogP contribution < -0.4 is 4.90 Å². The van der Waals surface area contributed by atoms with Gasteiger partial charge in [-0.25, -0.2) is 9.67 Å². The second kappa shape index (κ2) is 7.56. The fraction of sp³-hybridized carbons (Fsp3) is 0.222. The van der Waals surface area contributed by atoms with E-state index in [2.05, 4.69) is 27.1 Å². The van der Waals surface area contributed by atoms with E-state index in [1.807, 2.05) is 48.5 Å². The van der Waals surface area contributed by atoms with Gasteiger partial charge in [-0.15, -0.1) is 5.10 Å². The maximum Gasteiger partial charge on any atom is 0.170 e. The first-order valence-corrected chi connectivity index (χ1v) is 7.73. The number of aliphatic hydroxyl groups is 1. The number of aliphatic hydroxyl groups excluding tert-OH is 1. The minimum atomic E-state index is 0.176. The summed E-state index contributed by atoms with van der Waals surface area (Å²) in [5, 5.41) is 13.7. The zero-order valence-electron chi connectivity index (χ0n) is 12.9. The summed E-state index contributed by atoms with van der Waals surface area (Å²) >= 11 is 0. The highest BCUT2D eigenvalue weighted by Gasteiger charge is 2.10. The van der Waals surface area contributed by atoms with Gasteiger partial charge in [-0.1, -0.05) is 36.4 Å². The number of nitrogens with zero attached hydrogens (tertiary/aromatic N) is 4. The van der Waals surface area contributed by atoms with Crippen LogP contribution in [-0.2, 0) is 6.54 Å². The Labute approximate surface area is 135 Å². The molecule has 23 heavy (non-hydrogen) atoms. The first kappa shape index (κ1) is 15.2. The van der Waals surface area contributed by atoms with Crippen LogP contribution in [0, 0.1) is 0 Å². The fourth-order valence-corrected chi connectivity index (χ4v) is 2.45. The first-order chi connectivity index (χ1) is 11.4. The maximum atomic E-state index is 9.12. The van der Waals surface area contributed by atoms with E-state index in [4.69, 9.17) is 5.11 Å². The fourth-order valence-electron chi connectivity index (χ4n) is 2.45. The Morgan fingerprint density at radius 2 is 1.65 bits per heavy atom. The Kier molecular flexibility index (Phi) is 5.01. The molecule has 0 saturated heterocycles. The number of benzene rings is 2. The van der Waals surface area contributed by atoms with Gasteiger partial charge in [0, 0.05) is 18.8 Å². The highest BCUT2D eigenvalue weighted by atomic mass is 16.3. The Hall–Kier alpha value is -2.66. The first-order valence-electron chi connectivity index (χ1n) is 7.73. The number of aromatic nitrogens is 3. The number of hydrogen-bond donors (Lipinski definition) is 1. The molecular weight excluding hydrogens is 288 g/mol. The standard InChI is InChI=1S/C18H20N4O/c23-13-7-12-21(16-8-3-1-4-9-16)14-18-19-15-22(20-18)17-10-5-2-6-11-17/h1-6,8-11,15,23H,7,12-14H2. The highest BCUT2D eigenvalue weighted by molar-refractivity contribution is 5.46. The van der Waals surface area contributed by atoms with Crippen LogP contribution >= 0.6 is 0 Å². The van der Waals surface area contributed by atoms with Crippen molar-refractivity contribution in [3.05, 3.63) is 72.8 Å². The molecule has 1 aromatic heterocycles. The quantitative estimate of drug-likeness (QED) is 0.729. The topological polar surface area (TPSA) is 54.2 Å². The summed E-state index contributed by atoms with van der Waals surface area (Å²) in [7, 11) is 0. The summed E-state index contributed by atoms with van der Waals surface area (Å²) in [6.07, 6.45) is 2.45. The van der Waals surface area contributed by atoms with Crippen molar-refractivity contribution >= 4 is 5.69 Å². The molecule has 118 valence electrons. The van der Waals surface area contributed by atoms with Crippen LogP contribution in [0.3, 0.4) is 0 Å². The van der Waals surface area contributed by atoms with Crippen LogP contribution in [0.1, 0.15) is 12.2 Å². The molecule has 0 saturated carbocycles. The van der Waals surface area contributed by atoms with Gasteiger partial charge in [-0.3, -0.25) is 0 Å². The molecule has 3 aromatic rings. The monoisotopic (exact) mass is 308 g/mol. The molecule has 5 heteroatoms. The second-order valence-corrected chi connectivity index (χ2v) is 5.28. The lowest BCUT2D eigenvalue weighted by Gasteiger charge is -2.23. The largest absolute Gasteiger partial charge is 0.396 e. The minimum Gasteiger partial charge on any atom is -0.396 e. The van der Waals surface area contributed by atoms with Crippen LogP contribution in [0.2, 0.25) is 0 Å². The van der Waals surface area contributed by atoms with Crippen LogP contribution in [0.25, 0.3) is 5.69 Å². The van der Waals surface area contributed by atoms with E-state index in [1.54, 1.807) is 11.0 Å². The molecule has 3 rings (SSSR count). The molecule has 0 aliphatic rings. The van der Waals surface area contributed by atoms with Crippen molar-refractivity contribution in [2.24, 2.45) is 0 Å². The number of hydrogen-bond acceptors (Lipinski definition) is 4. The van der Waals surface area contributed by atoms with Crippen molar-refractivity contribution in [1.29, 1.82) is 0 Å². The summed E-state index contributed by atoms with van der Waals surface area (Å²) in [4.78, 5) is 6.60.